The summed E-state index contributed by atoms with van der Waals surface area (Å²) in [4.78, 5) is 28.9. The number of amides is 1. The maximum atomic E-state index is 14.3. The number of aromatic nitrogens is 1. The summed E-state index contributed by atoms with van der Waals surface area (Å²) in [6, 6.07) is 4.47. The molecule has 0 radical (unpaired) electrons. The highest BCUT2D eigenvalue weighted by Gasteiger charge is 2.75. The number of aliphatic carboxylic acids is 1. The monoisotopic (exact) mass is 564 g/mol. The van der Waals surface area contributed by atoms with Crippen molar-refractivity contribution in [1.82, 2.24) is 10.3 Å². The van der Waals surface area contributed by atoms with Crippen LogP contribution in [-0.4, -0.2) is 40.7 Å². The number of hydrogen-bond acceptors (Lipinski definition) is 5. The molecule has 1 aromatic heterocycles. The molecule has 7 nitrogen and oxygen atoms in total. The molecule has 220 valence electrons. The fraction of sp³-hybridized carbons (Fsp3) is 0.606. The van der Waals surface area contributed by atoms with Crippen molar-refractivity contribution in [3.63, 3.8) is 0 Å². The summed E-state index contributed by atoms with van der Waals surface area (Å²) in [5.41, 5.74) is 1.23. The molecule has 2 aliphatic heterocycles. The van der Waals surface area contributed by atoms with Gasteiger partial charge in [0.15, 0.2) is 5.69 Å². The van der Waals surface area contributed by atoms with Gasteiger partial charge in [-0.05, 0) is 72.8 Å². The molecule has 2 aromatic rings. The second kappa shape index (κ2) is 11.7. The van der Waals surface area contributed by atoms with Gasteiger partial charge in [-0.3, -0.25) is 4.79 Å². The number of nitrogens with zero attached hydrogens (tertiary/aromatic N) is 1. The Balaban J connectivity index is 1.17. The van der Waals surface area contributed by atoms with E-state index in [1.54, 1.807) is 6.07 Å². The van der Waals surface area contributed by atoms with Gasteiger partial charge in [-0.2, -0.15) is 0 Å². The topological polar surface area (TPSA) is 102 Å². The third-order valence-corrected chi connectivity index (χ3v) is 10.5. The lowest BCUT2D eigenvalue weighted by Crippen LogP contribution is -2.65. The lowest BCUT2D eigenvalue weighted by Gasteiger charge is -2.59. The van der Waals surface area contributed by atoms with Crippen LogP contribution in [0.2, 0.25) is 0 Å². The molecular weight excluding hydrogens is 523 g/mol. The summed E-state index contributed by atoms with van der Waals surface area (Å²) in [7, 11) is 0. The molecule has 2 N–H and O–H groups in total. The van der Waals surface area contributed by atoms with Crippen LogP contribution in [0.25, 0.3) is 6.08 Å². The normalized spacial score (nSPS) is 30.8. The van der Waals surface area contributed by atoms with E-state index in [9.17, 15) is 14.0 Å². The van der Waals surface area contributed by atoms with Crippen LogP contribution in [0.1, 0.15) is 98.6 Å². The summed E-state index contributed by atoms with van der Waals surface area (Å²) < 4.78 is 26.9. The van der Waals surface area contributed by atoms with E-state index in [0.29, 0.717) is 24.4 Å². The number of halogens is 1. The van der Waals surface area contributed by atoms with Gasteiger partial charge in [-0.1, -0.05) is 57.9 Å². The highest BCUT2D eigenvalue weighted by atomic mass is 19.1. The third-order valence-electron chi connectivity index (χ3n) is 10.5. The third kappa shape index (κ3) is 5.24. The van der Waals surface area contributed by atoms with Crippen LogP contribution in [-0.2, 0) is 21.4 Å². The first-order chi connectivity index (χ1) is 19.9. The van der Waals surface area contributed by atoms with Gasteiger partial charge in [-0.25, -0.2) is 14.2 Å². The van der Waals surface area contributed by atoms with Crippen LogP contribution in [0.15, 0.2) is 35.0 Å². The average molecular weight is 565 g/mol. The molecule has 1 aromatic carbocycles. The summed E-state index contributed by atoms with van der Waals surface area (Å²) in [5, 5.41) is 12.2. The first kappa shape index (κ1) is 28.1. The van der Waals surface area contributed by atoms with E-state index in [2.05, 4.69) is 12.2 Å². The minimum Gasteiger partial charge on any atom is -0.478 e. The van der Waals surface area contributed by atoms with E-state index in [1.807, 2.05) is 0 Å². The van der Waals surface area contributed by atoms with Gasteiger partial charge in [0.05, 0.1) is 17.6 Å². The number of unbranched alkanes of at least 4 members (excludes halogenated alkanes) is 1. The van der Waals surface area contributed by atoms with Gasteiger partial charge in [-0.15, -0.1) is 0 Å². The highest BCUT2D eigenvalue weighted by Crippen LogP contribution is 2.69. The fourth-order valence-corrected chi connectivity index (χ4v) is 8.64. The predicted octanol–water partition coefficient (Wildman–Crippen LogP) is 6.32. The zero-order chi connectivity index (χ0) is 28.6. The Bertz CT molecular complexity index is 1300. The van der Waals surface area contributed by atoms with Crippen molar-refractivity contribution < 1.29 is 28.2 Å². The van der Waals surface area contributed by atoms with Gasteiger partial charge >= 0.3 is 5.97 Å². The van der Waals surface area contributed by atoms with Crippen LogP contribution >= 0.6 is 0 Å². The van der Waals surface area contributed by atoms with E-state index in [-0.39, 0.29) is 47.4 Å². The number of fused-ring (bicyclic) bond motifs is 5. The number of carbonyl (C=O) groups excluding carboxylic acids is 1. The summed E-state index contributed by atoms with van der Waals surface area (Å²) >= 11 is 0. The molecule has 0 spiro atoms. The van der Waals surface area contributed by atoms with Gasteiger partial charge < -0.3 is 19.6 Å². The van der Waals surface area contributed by atoms with Gasteiger partial charge in [0, 0.05) is 18.5 Å². The molecule has 2 saturated carbocycles. The van der Waals surface area contributed by atoms with Crippen molar-refractivity contribution >= 4 is 18.0 Å². The molecule has 6 rings (SSSR count). The molecule has 2 aliphatic carbocycles. The van der Waals surface area contributed by atoms with Crippen LogP contribution in [0.3, 0.4) is 0 Å². The SMILES string of the molecule is CC1C(Cc2cc(F)ccc2C=CC(=O)O)C2(c3nc(C(=O)NCCCCC4CCCCC4)co3)C3CCC(O3)C12. The number of oxazole rings is 1. The van der Waals surface area contributed by atoms with Crippen molar-refractivity contribution in [1.29, 1.82) is 0 Å². The van der Waals surface area contributed by atoms with E-state index < -0.39 is 11.4 Å². The van der Waals surface area contributed by atoms with E-state index in [4.69, 9.17) is 19.2 Å². The van der Waals surface area contributed by atoms with Crippen molar-refractivity contribution in [2.45, 2.75) is 95.2 Å². The molecule has 8 heteroatoms. The largest absolute Gasteiger partial charge is 0.478 e. The Kier molecular flexibility index (Phi) is 8.03. The molecular formula is C33H41FN2O5. The number of carboxylic acid groups (broad SMARTS) is 1. The summed E-state index contributed by atoms with van der Waals surface area (Å²) in [6.45, 7) is 2.83. The Morgan fingerprint density at radius 1 is 1.17 bits per heavy atom. The Labute approximate surface area is 240 Å². The van der Waals surface area contributed by atoms with Crippen LogP contribution in [0.4, 0.5) is 4.39 Å². The van der Waals surface area contributed by atoms with Crippen LogP contribution in [0.5, 0.6) is 0 Å². The fourth-order valence-electron chi connectivity index (χ4n) is 8.64. The lowest BCUT2D eigenvalue weighted by atomic mass is 9.41. The lowest BCUT2D eigenvalue weighted by molar-refractivity contribution is -0.131. The van der Waals surface area contributed by atoms with Crippen molar-refractivity contribution in [3.05, 3.63) is 59.1 Å². The van der Waals surface area contributed by atoms with Crippen molar-refractivity contribution in [2.24, 2.45) is 23.7 Å². The van der Waals surface area contributed by atoms with E-state index in [0.717, 1.165) is 43.2 Å². The van der Waals surface area contributed by atoms with E-state index in [1.165, 1.54) is 63.0 Å². The zero-order valence-electron chi connectivity index (χ0n) is 23.8. The Morgan fingerprint density at radius 2 is 2.00 bits per heavy atom. The number of rotatable bonds is 11. The van der Waals surface area contributed by atoms with Crippen LogP contribution in [0, 0.1) is 29.5 Å². The highest BCUT2D eigenvalue weighted by molar-refractivity contribution is 5.91. The number of nitrogens with one attached hydrogen (secondary N) is 1. The molecule has 3 heterocycles. The summed E-state index contributed by atoms with van der Waals surface area (Å²) in [6.07, 6.45) is 16.7. The molecule has 2 saturated heterocycles. The van der Waals surface area contributed by atoms with Crippen molar-refractivity contribution in [3.8, 4) is 0 Å². The maximum absolute atomic E-state index is 14.3. The quantitative estimate of drug-likeness (QED) is 0.245. The minimum absolute atomic E-state index is 0.0518. The Morgan fingerprint density at radius 3 is 2.80 bits per heavy atom. The van der Waals surface area contributed by atoms with Gasteiger partial charge in [0.2, 0.25) is 5.89 Å². The number of carbonyl (C=O) groups is 2. The maximum Gasteiger partial charge on any atom is 0.328 e. The second-order valence-electron chi connectivity index (χ2n) is 12.7. The number of carboxylic acids is 1. The molecule has 4 fully saturated rings. The molecule has 41 heavy (non-hydrogen) atoms. The molecule has 6 unspecified atom stereocenters. The predicted molar refractivity (Wildman–Crippen MR) is 152 cm³/mol. The number of benzene rings is 1. The summed E-state index contributed by atoms with van der Waals surface area (Å²) in [5.74, 6) is 0.307. The minimum atomic E-state index is -1.05. The van der Waals surface area contributed by atoms with E-state index >= 15 is 0 Å². The number of hydrogen-bond donors (Lipinski definition) is 2. The molecule has 1 amide bonds. The van der Waals surface area contributed by atoms with Gasteiger partial charge in [0.1, 0.15) is 12.1 Å². The molecule has 6 atom stereocenters. The first-order valence-electron chi connectivity index (χ1n) is 15.5. The van der Waals surface area contributed by atoms with Gasteiger partial charge in [0.25, 0.3) is 5.91 Å². The van der Waals surface area contributed by atoms with Crippen molar-refractivity contribution in [2.75, 3.05) is 6.54 Å². The molecule has 2 bridgehead atoms. The standard InChI is InChI=1S/C33H41FN2O5/c1-20-25(18-23-17-24(34)12-10-22(23)11-15-29(37)38)33(28-14-13-27(41-28)30(20)33)32-36-26(19-40-32)31(39)35-16-6-5-9-21-7-3-2-4-8-21/h10-12,15,17,19-21,25,27-28,30H,2-9,13-14,16,18H2,1H3,(H,35,39)(H,37,38). The number of ether oxygens (including phenoxy) is 1. The Hall–Kier alpha value is -3.00. The smallest absolute Gasteiger partial charge is 0.328 e. The average Bonchev–Trinajstić information content (AvgIpc) is 3.70. The zero-order valence-corrected chi connectivity index (χ0v) is 23.8. The first-order valence-corrected chi connectivity index (χ1v) is 15.5. The molecule has 4 aliphatic rings. The van der Waals surface area contributed by atoms with Crippen LogP contribution < -0.4 is 5.32 Å². The second-order valence-corrected chi connectivity index (χ2v) is 12.7.